The highest BCUT2D eigenvalue weighted by Crippen LogP contribution is 2.66. The van der Waals surface area contributed by atoms with Gasteiger partial charge in [-0.3, -0.25) is 14.4 Å². The molecule has 3 heterocycles. The summed E-state index contributed by atoms with van der Waals surface area (Å²) in [5.74, 6) is -2.08. The molecular weight excluding hydrogens is 554 g/mol. The second-order valence-electron chi connectivity index (χ2n) is 13.7. The summed E-state index contributed by atoms with van der Waals surface area (Å²) < 4.78 is 6.99. The molecule has 8 nitrogen and oxygen atoms in total. The van der Waals surface area contributed by atoms with Crippen LogP contribution in [-0.4, -0.2) is 87.1 Å². The summed E-state index contributed by atoms with van der Waals surface area (Å²) in [6.45, 7) is 19.4. The van der Waals surface area contributed by atoms with Crippen molar-refractivity contribution >= 4 is 17.7 Å². The van der Waals surface area contributed by atoms with Gasteiger partial charge in [0, 0.05) is 26.2 Å². The number of fused-ring (bicyclic) bond motifs is 1. The highest BCUT2D eigenvalue weighted by Gasteiger charge is 2.80. The Labute approximate surface area is 264 Å². The Hall–Kier alpha value is -2.97. The molecule has 242 valence electrons. The van der Waals surface area contributed by atoms with E-state index in [9.17, 15) is 19.5 Å². The fraction of sp³-hybridized carbons (Fsp3) is 0.639. The first-order valence-corrected chi connectivity index (χ1v) is 16.5. The molecule has 44 heavy (non-hydrogen) atoms. The van der Waals surface area contributed by atoms with Gasteiger partial charge in [-0.2, -0.15) is 0 Å². The Balaban J connectivity index is 1.81. The summed E-state index contributed by atoms with van der Waals surface area (Å²) in [6, 6.07) is 8.30. The van der Waals surface area contributed by atoms with E-state index in [2.05, 4.69) is 27.0 Å². The average molecular weight is 608 g/mol. The van der Waals surface area contributed by atoms with Gasteiger partial charge in [0.25, 0.3) is 0 Å². The lowest BCUT2D eigenvalue weighted by Gasteiger charge is -2.40. The number of rotatable bonds is 16. The van der Waals surface area contributed by atoms with Crippen molar-refractivity contribution in [1.82, 2.24) is 14.7 Å². The van der Waals surface area contributed by atoms with Gasteiger partial charge >= 0.3 is 0 Å². The number of ether oxygens (including phenoxy) is 1. The van der Waals surface area contributed by atoms with Gasteiger partial charge in [0.05, 0.1) is 30.1 Å². The number of hydrogen-bond acceptors (Lipinski definition) is 5. The molecule has 0 aromatic heterocycles. The van der Waals surface area contributed by atoms with Crippen LogP contribution >= 0.6 is 0 Å². The van der Waals surface area contributed by atoms with Crippen molar-refractivity contribution in [1.29, 1.82) is 0 Å². The first kappa shape index (κ1) is 33.9. The quantitative estimate of drug-likeness (QED) is 0.215. The van der Waals surface area contributed by atoms with E-state index in [1.807, 2.05) is 51.1 Å². The van der Waals surface area contributed by atoms with Gasteiger partial charge in [-0.15, -0.1) is 13.2 Å². The molecule has 3 amide bonds. The topological polar surface area (TPSA) is 90.4 Å². The maximum atomic E-state index is 14.8. The molecule has 1 aromatic carbocycles. The minimum absolute atomic E-state index is 0.0660. The van der Waals surface area contributed by atoms with Crippen LogP contribution in [0.2, 0.25) is 0 Å². The number of carbonyl (C=O) groups excluding carboxylic acids is 3. The van der Waals surface area contributed by atoms with E-state index in [1.54, 1.807) is 26.9 Å². The smallest absolute Gasteiger partial charge is 0.248 e. The van der Waals surface area contributed by atoms with Crippen LogP contribution in [0.15, 0.2) is 55.6 Å². The van der Waals surface area contributed by atoms with Crippen LogP contribution in [0.5, 0.6) is 0 Å². The molecule has 3 unspecified atom stereocenters. The highest BCUT2D eigenvalue weighted by molar-refractivity contribution is 5.99. The molecule has 7 atom stereocenters. The van der Waals surface area contributed by atoms with Crippen molar-refractivity contribution in [3.05, 3.63) is 61.2 Å². The van der Waals surface area contributed by atoms with E-state index >= 15 is 0 Å². The van der Waals surface area contributed by atoms with Crippen molar-refractivity contribution in [2.45, 2.75) is 96.6 Å². The molecule has 2 bridgehead atoms. The molecule has 1 spiro atoms. The third kappa shape index (κ3) is 6.00. The normalized spacial score (nSPS) is 29.5. The Morgan fingerprint density at radius 2 is 1.77 bits per heavy atom. The van der Waals surface area contributed by atoms with Crippen molar-refractivity contribution in [2.24, 2.45) is 23.7 Å². The number of aliphatic hydroxyl groups is 1. The van der Waals surface area contributed by atoms with E-state index in [0.29, 0.717) is 39.0 Å². The van der Waals surface area contributed by atoms with Gasteiger partial charge in [-0.1, -0.05) is 83.0 Å². The predicted octanol–water partition coefficient (Wildman–Crippen LogP) is 4.82. The number of amides is 3. The van der Waals surface area contributed by atoms with E-state index in [4.69, 9.17) is 4.74 Å². The van der Waals surface area contributed by atoms with Gasteiger partial charge < -0.3 is 24.5 Å². The van der Waals surface area contributed by atoms with Crippen molar-refractivity contribution in [3.63, 3.8) is 0 Å². The summed E-state index contributed by atoms with van der Waals surface area (Å²) in [4.78, 5) is 49.3. The van der Waals surface area contributed by atoms with Gasteiger partial charge in [-0.05, 0) is 43.6 Å². The third-order valence-corrected chi connectivity index (χ3v) is 10.2. The summed E-state index contributed by atoms with van der Waals surface area (Å²) in [6.07, 6.45) is 7.30. The number of unbranched alkanes of at least 4 members (excludes halogenated alkanes) is 2. The first-order chi connectivity index (χ1) is 21.0. The fourth-order valence-electron chi connectivity index (χ4n) is 8.11. The van der Waals surface area contributed by atoms with Crippen LogP contribution in [0.3, 0.4) is 0 Å². The lowest BCUT2D eigenvalue weighted by molar-refractivity contribution is -0.158. The zero-order valence-electron chi connectivity index (χ0n) is 27.4. The van der Waals surface area contributed by atoms with Gasteiger partial charge in [0.2, 0.25) is 17.7 Å². The Morgan fingerprint density at radius 3 is 2.36 bits per heavy atom. The second-order valence-corrected chi connectivity index (χ2v) is 13.7. The molecule has 0 radical (unpaired) electrons. The summed E-state index contributed by atoms with van der Waals surface area (Å²) >= 11 is 0. The summed E-state index contributed by atoms with van der Waals surface area (Å²) in [5.41, 5.74) is -1.10. The highest BCUT2D eigenvalue weighted by atomic mass is 16.5. The van der Waals surface area contributed by atoms with E-state index in [-0.39, 0.29) is 36.2 Å². The average Bonchev–Trinajstić information content (AvgIpc) is 3.51. The number of benzene rings is 1. The van der Waals surface area contributed by atoms with E-state index < -0.39 is 35.1 Å². The maximum Gasteiger partial charge on any atom is 0.248 e. The molecule has 3 fully saturated rings. The van der Waals surface area contributed by atoms with Crippen LogP contribution in [0.25, 0.3) is 0 Å². The molecule has 0 aliphatic carbocycles. The van der Waals surface area contributed by atoms with Gasteiger partial charge in [0.1, 0.15) is 11.6 Å². The number of carbonyl (C=O) groups is 3. The molecule has 1 N–H and O–H groups in total. The predicted molar refractivity (Wildman–Crippen MR) is 172 cm³/mol. The minimum atomic E-state index is -1.16. The minimum Gasteiger partial charge on any atom is -0.394 e. The fourth-order valence-corrected chi connectivity index (χ4v) is 8.11. The van der Waals surface area contributed by atoms with Crippen LogP contribution in [0.4, 0.5) is 0 Å². The Bertz CT molecular complexity index is 1200. The number of aliphatic hydroxyl groups excluding tert-OH is 1. The SMILES string of the molecule is C=CCN(CCCCC)C(=O)C1N([C@@H](CO)CC(C)C)C(=O)[C@@H]2[C@H](C(=O)N(CC=C)Cc3ccccc3)[C@@]3(C)OC12CC3C. The largest absolute Gasteiger partial charge is 0.394 e. The number of likely N-dealkylation sites (tertiary alicyclic amines) is 1. The summed E-state index contributed by atoms with van der Waals surface area (Å²) in [7, 11) is 0. The van der Waals surface area contributed by atoms with Gasteiger partial charge in [-0.25, -0.2) is 0 Å². The molecule has 3 aliphatic heterocycles. The Kier molecular flexibility index (Phi) is 10.8. The molecule has 4 rings (SSSR count). The van der Waals surface area contributed by atoms with Crippen molar-refractivity contribution < 1.29 is 24.2 Å². The zero-order valence-corrected chi connectivity index (χ0v) is 27.4. The standard InChI is InChI=1S/C36H53N3O5/c1-8-11-15-20-37(18-9-2)34(43)31-36-22-26(6)35(7,44-36)29(30(36)33(42)39(31)28(24-40)21-25(4)5)32(41)38(19-10-3)23-27-16-13-12-14-17-27/h9-10,12-14,16-17,25-26,28-31,40H,2-3,8,11,15,18-24H2,1,4-7H3/t26?,28-,29-,30+,31?,35+,36?/m1/s1. The molecule has 3 saturated heterocycles. The van der Waals surface area contributed by atoms with Crippen molar-refractivity contribution in [2.75, 3.05) is 26.2 Å². The monoisotopic (exact) mass is 607 g/mol. The molecule has 0 saturated carbocycles. The molecular formula is C36H53N3O5. The van der Waals surface area contributed by atoms with E-state index in [1.165, 1.54) is 0 Å². The third-order valence-electron chi connectivity index (χ3n) is 10.2. The van der Waals surface area contributed by atoms with Crippen LogP contribution < -0.4 is 0 Å². The maximum absolute atomic E-state index is 14.8. The number of hydrogen-bond donors (Lipinski definition) is 1. The van der Waals surface area contributed by atoms with Crippen LogP contribution in [0, 0.1) is 23.7 Å². The molecule has 8 heteroatoms. The van der Waals surface area contributed by atoms with Gasteiger partial charge in [0.15, 0.2) is 0 Å². The summed E-state index contributed by atoms with van der Waals surface area (Å²) in [5, 5.41) is 10.6. The first-order valence-electron chi connectivity index (χ1n) is 16.5. The zero-order chi connectivity index (χ0) is 32.2. The molecule has 3 aliphatic rings. The van der Waals surface area contributed by atoms with Crippen LogP contribution in [-0.2, 0) is 25.7 Å². The van der Waals surface area contributed by atoms with E-state index in [0.717, 1.165) is 24.8 Å². The Morgan fingerprint density at radius 1 is 1.11 bits per heavy atom. The van der Waals surface area contributed by atoms with Crippen molar-refractivity contribution in [3.8, 4) is 0 Å². The lowest BCUT2D eigenvalue weighted by atomic mass is 9.62. The molecule has 1 aromatic rings. The van der Waals surface area contributed by atoms with Crippen LogP contribution in [0.1, 0.15) is 72.3 Å². The second kappa shape index (κ2) is 14.0. The number of nitrogens with zero attached hydrogens (tertiary/aromatic N) is 3. The lowest BCUT2D eigenvalue weighted by Crippen LogP contribution is -2.59.